The van der Waals surface area contributed by atoms with Crippen molar-refractivity contribution in [1.29, 1.82) is 0 Å². The van der Waals surface area contributed by atoms with Crippen LogP contribution in [-0.4, -0.2) is 37.6 Å². The Hall–Kier alpha value is 0.534. The first-order valence-electron chi connectivity index (χ1n) is 6.42. The Labute approximate surface area is 138 Å². The Morgan fingerprint density at radius 2 is 1.83 bits per heavy atom. The Kier molecular flexibility index (Phi) is 13.2. The molecule has 0 aliphatic heterocycles. The fourth-order valence-corrected chi connectivity index (χ4v) is 2.46. The van der Waals surface area contributed by atoms with Gasteiger partial charge in [-0.05, 0) is 33.4 Å². The van der Waals surface area contributed by atoms with Gasteiger partial charge in [-0.3, -0.25) is 9.69 Å². The van der Waals surface area contributed by atoms with Crippen LogP contribution in [0.2, 0.25) is 0 Å². The molecule has 18 heavy (non-hydrogen) atoms. The maximum Gasteiger partial charge on any atom is 0.320 e. The van der Waals surface area contributed by atoms with Gasteiger partial charge in [0.25, 0.3) is 0 Å². The maximum absolute atomic E-state index is 11.4. The van der Waals surface area contributed by atoms with Crippen LogP contribution in [0, 0.1) is 13.3 Å². The Morgan fingerprint density at radius 3 is 2.33 bits per heavy atom. The van der Waals surface area contributed by atoms with E-state index in [1.807, 2.05) is 25.9 Å². The van der Waals surface area contributed by atoms with E-state index in [2.05, 4.69) is 0 Å². The van der Waals surface area contributed by atoms with Crippen molar-refractivity contribution in [3.63, 3.8) is 0 Å². The fraction of sp³-hybridized carbons (Fsp3) is 0.857. The monoisotopic (exact) mass is 331 g/mol. The molecule has 0 amide bonds. The van der Waals surface area contributed by atoms with Gasteiger partial charge in [-0.2, -0.15) is 0 Å². The van der Waals surface area contributed by atoms with Gasteiger partial charge in [-0.1, -0.05) is 32.1 Å². The number of carbonyl (C=O) groups is 1. The van der Waals surface area contributed by atoms with Gasteiger partial charge in [0.05, 0.1) is 12.6 Å². The molecule has 1 saturated carbocycles. The van der Waals surface area contributed by atoms with Crippen LogP contribution in [0.3, 0.4) is 0 Å². The van der Waals surface area contributed by atoms with Crippen LogP contribution in [0.25, 0.3) is 0 Å². The van der Waals surface area contributed by atoms with Gasteiger partial charge in [0.1, 0.15) is 0 Å². The Bertz CT molecular complexity index is 216. The number of hydrogen-bond acceptors (Lipinski definition) is 3. The van der Waals surface area contributed by atoms with Crippen LogP contribution >= 0.6 is 0 Å². The molecule has 1 fully saturated rings. The van der Waals surface area contributed by atoms with Gasteiger partial charge < -0.3 is 12.2 Å². The van der Waals surface area contributed by atoms with E-state index in [4.69, 9.17) is 4.74 Å². The van der Waals surface area contributed by atoms with Crippen LogP contribution in [0.4, 0.5) is 0 Å². The SMILES string of the molecule is C[C@@H](CC1CCCCC1)OC(=O)CN(C)C.[CH3-].[Y]. The first-order valence-corrected chi connectivity index (χ1v) is 6.42. The second kappa shape index (κ2) is 11.4. The molecule has 0 spiro atoms. The molecule has 0 heterocycles. The van der Waals surface area contributed by atoms with E-state index in [0.29, 0.717) is 6.54 Å². The van der Waals surface area contributed by atoms with E-state index in [1.54, 1.807) is 0 Å². The summed E-state index contributed by atoms with van der Waals surface area (Å²) in [6.45, 7) is 2.40. The van der Waals surface area contributed by atoms with Crippen LogP contribution in [-0.2, 0) is 42.2 Å². The zero-order valence-electron chi connectivity index (χ0n) is 12.4. The molecule has 1 rings (SSSR count). The van der Waals surface area contributed by atoms with Crippen LogP contribution in [0.1, 0.15) is 45.4 Å². The van der Waals surface area contributed by atoms with Crippen LogP contribution < -0.4 is 0 Å². The molecular weight excluding hydrogens is 303 g/mol. The number of rotatable bonds is 5. The number of hydrogen-bond donors (Lipinski definition) is 0. The Balaban J connectivity index is 0. The average molecular weight is 331 g/mol. The molecule has 0 N–H and O–H groups in total. The third kappa shape index (κ3) is 9.46. The minimum absolute atomic E-state index is 0. The van der Waals surface area contributed by atoms with Gasteiger partial charge in [-0.25, -0.2) is 0 Å². The van der Waals surface area contributed by atoms with Crippen molar-refractivity contribution >= 4 is 5.97 Å². The van der Waals surface area contributed by atoms with E-state index < -0.39 is 0 Å². The smallest absolute Gasteiger partial charge is 0.320 e. The second-order valence-electron chi connectivity index (χ2n) is 5.28. The summed E-state index contributed by atoms with van der Waals surface area (Å²) in [5.41, 5.74) is 0. The summed E-state index contributed by atoms with van der Waals surface area (Å²) >= 11 is 0. The average Bonchev–Trinajstić information content (AvgIpc) is 2.17. The van der Waals surface area contributed by atoms with E-state index in [0.717, 1.165) is 12.3 Å². The first-order chi connectivity index (χ1) is 7.58. The van der Waals surface area contributed by atoms with Crippen molar-refractivity contribution in [2.45, 2.75) is 51.6 Å². The molecule has 4 heteroatoms. The molecule has 1 radical (unpaired) electrons. The molecule has 0 aromatic heterocycles. The summed E-state index contributed by atoms with van der Waals surface area (Å²) in [7, 11) is 3.76. The zero-order valence-corrected chi connectivity index (χ0v) is 15.3. The second-order valence-corrected chi connectivity index (χ2v) is 5.28. The van der Waals surface area contributed by atoms with Crippen molar-refractivity contribution in [1.82, 2.24) is 4.90 Å². The van der Waals surface area contributed by atoms with E-state index in [1.165, 1.54) is 32.1 Å². The molecule has 0 unspecified atom stereocenters. The van der Waals surface area contributed by atoms with E-state index >= 15 is 0 Å². The number of likely N-dealkylation sites (N-methyl/N-ethyl adjacent to an activating group) is 1. The number of ether oxygens (including phenoxy) is 1. The van der Waals surface area contributed by atoms with Gasteiger partial charge in [0, 0.05) is 32.7 Å². The third-order valence-corrected chi connectivity index (χ3v) is 3.17. The minimum Gasteiger partial charge on any atom is -0.462 e. The van der Waals surface area contributed by atoms with Crippen molar-refractivity contribution in [3.05, 3.63) is 7.43 Å². The summed E-state index contributed by atoms with van der Waals surface area (Å²) in [6, 6.07) is 0. The van der Waals surface area contributed by atoms with Crippen molar-refractivity contribution in [2.75, 3.05) is 20.6 Å². The largest absolute Gasteiger partial charge is 0.462 e. The molecule has 3 nitrogen and oxygen atoms in total. The number of esters is 1. The fourth-order valence-electron chi connectivity index (χ4n) is 2.46. The van der Waals surface area contributed by atoms with E-state index in [-0.39, 0.29) is 52.2 Å². The summed E-state index contributed by atoms with van der Waals surface area (Å²) < 4.78 is 5.38. The first kappa shape index (κ1) is 20.8. The van der Waals surface area contributed by atoms with E-state index in [9.17, 15) is 4.79 Å². The number of nitrogens with zero attached hydrogens (tertiary/aromatic N) is 1. The predicted octanol–water partition coefficient (Wildman–Crippen LogP) is 2.90. The predicted molar refractivity (Wildman–Crippen MR) is 71.7 cm³/mol. The van der Waals surface area contributed by atoms with Crippen molar-refractivity contribution < 1.29 is 42.2 Å². The molecule has 1 aliphatic rings. The van der Waals surface area contributed by atoms with Gasteiger partial charge in [0.15, 0.2) is 0 Å². The van der Waals surface area contributed by atoms with Gasteiger partial charge >= 0.3 is 5.97 Å². The summed E-state index contributed by atoms with van der Waals surface area (Å²) in [5, 5.41) is 0. The molecule has 1 atom stereocenters. The quantitative estimate of drug-likeness (QED) is 0.573. The van der Waals surface area contributed by atoms with Crippen molar-refractivity contribution in [3.8, 4) is 0 Å². The molecule has 1 aliphatic carbocycles. The number of carbonyl (C=O) groups excluding carboxylic acids is 1. The van der Waals surface area contributed by atoms with Gasteiger partial charge in [0.2, 0.25) is 0 Å². The summed E-state index contributed by atoms with van der Waals surface area (Å²) in [5.74, 6) is 0.671. The van der Waals surface area contributed by atoms with Gasteiger partial charge in [-0.15, -0.1) is 0 Å². The molecule has 0 saturated heterocycles. The summed E-state index contributed by atoms with van der Waals surface area (Å²) in [6.07, 6.45) is 7.83. The van der Waals surface area contributed by atoms with Crippen LogP contribution in [0.15, 0.2) is 0 Å². The standard InChI is InChI=1S/C13H25NO2.CH3.Y/c1-11(16-13(15)10-14(2)3)9-12-7-5-4-6-8-12;;/h11-12H,4-10H2,1-3H3;1H3;/q;-1;/t11-;;/m0../s1. The maximum atomic E-state index is 11.4. The Morgan fingerprint density at radius 1 is 1.28 bits per heavy atom. The zero-order chi connectivity index (χ0) is 12.0. The molecule has 0 aromatic carbocycles. The third-order valence-electron chi connectivity index (χ3n) is 3.17. The topological polar surface area (TPSA) is 29.5 Å². The minimum atomic E-state index is -0.103. The normalized spacial score (nSPS) is 17.6. The molecule has 0 aromatic rings. The summed E-state index contributed by atoms with van der Waals surface area (Å²) in [4.78, 5) is 13.3. The molecule has 0 bridgehead atoms. The molecular formula is C14H28NO2Y-. The van der Waals surface area contributed by atoms with Crippen LogP contribution in [0.5, 0.6) is 0 Å². The molecule has 105 valence electrons. The van der Waals surface area contributed by atoms with Crippen molar-refractivity contribution in [2.24, 2.45) is 5.92 Å².